The molecular weight excluding hydrogens is 290 g/mol. The van der Waals surface area contributed by atoms with Crippen molar-refractivity contribution in [1.29, 1.82) is 5.26 Å². The summed E-state index contributed by atoms with van der Waals surface area (Å²) >= 11 is 1.27. The molecule has 0 aliphatic carbocycles. The number of para-hydroxylation sites is 1. The van der Waals surface area contributed by atoms with Crippen LogP contribution >= 0.6 is 11.8 Å². The Morgan fingerprint density at radius 2 is 2.24 bits per heavy atom. The first-order valence-corrected chi connectivity index (χ1v) is 7.22. The monoisotopic (exact) mass is 303 g/mol. The van der Waals surface area contributed by atoms with Gasteiger partial charge in [-0.2, -0.15) is 5.26 Å². The number of hydrogen-bond donors (Lipinski definition) is 0. The van der Waals surface area contributed by atoms with E-state index in [1.54, 1.807) is 24.3 Å². The molecule has 0 spiro atoms. The summed E-state index contributed by atoms with van der Waals surface area (Å²) in [5.74, 6) is -0.0149. The number of fused-ring (bicyclic) bond motifs is 1. The topological polar surface area (TPSA) is 85.0 Å². The van der Waals surface area contributed by atoms with Gasteiger partial charge in [-0.3, -0.25) is 14.2 Å². The fourth-order valence-corrected chi connectivity index (χ4v) is 2.62. The molecule has 108 valence electrons. The summed E-state index contributed by atoms with van der Waals surface area (Å²) in [6.07, 6.45) is 0.339. The van der Waals surface area contributed by atoms with E-state index in [-0.39, 0.29) is 12.1 Å². The molecule has 1 aromatic heterocycles. The zero-order valence-corrected chi connectivity index (χ0v) is 12.2. The van der Waals surface area contributed by atoms with Crippen molar-refractivity contribution in [2.75, 3.05) is 12.9 Å². The number of aromatic nitrogens is 2. The summed E-state index contributed by atoms with van der Waals surface area (Å²) in [4.78, 5) is 28.4. The van der Waals surface area contributed by atoms with Gasteiger partial charge in [-0.25, -0.2) is 4.98 Å². The summed E-state index contributed by atoms with van der Waals surface area (Å²) in [6, 6.07) is 8.99. The van der Waals surface area contributed by atoms with Crippen LogP contribution in [0.4, 0.5) is 0 Å². The van der Waals surface area contributed by atoms with Crippen molar-refractivity contribution < 1.29 is 9.53 Å². The van der Waals surface area contributed by atoms with Crippen LogP contribution in [0.25, 0.3) is 10.9 Å². The maximum Gasteiger partial charge on any atom is 0.325 e. The van der Waals surface area contributed by atoms with Crippen molar-refractivity contribution in [2.45, 2.75) is 18.1 Å². The molecule has 21 heavy (non-hydrogen) atoms. The Morgan fingerprint density at radius 3 is 2.95 bits per heavy atom. The lowest BCUT2D eigenvalue weighted by molar-refractivity contribution is -0.141. The summed E-state index contributed by atoms with van der Waals surface area (Å²) in [5.41, 5.74) is 0.286. The highest BCUT2D eigenvalue weighted by atomic mass is 32.2. The van der Waals surface area contributed by atoms with E-state index >= 15 is 0 Å². The van der Waals surface area contributed by atoms with Gasteiger partial charge in [0.05, 0.1) is 24.1 Å². The maximum absolute atomic E-state index is 12.5. The summed E-state index contributed by atoms with van der Waals surface area (Å²) in [7, 11) is 1.27. The Balaban J connectivity index is 2.51. The molecule has 7 heteroatoms. The molecule has 0 saturated carbocycles. The van der Waals surface area contributed by atoms with E-state index in [0.717, 1.165) is 0 Å². The molecule has 0 N–H and O–H groups in total. The zero-order chi connectivity index (χ0) is 15.2. The number of nitrogens with zero attached hydrogens (tertiary/aromatic N) is 3. The third-order valence-corrected chi connectivity index (χ3v) is 3.76. The number of carbonyl (C=O) groups is 1. The number of benzene rings is 1. The predicted molar refractivity (Wildman–Crippen MR) is 79.0 cm³/mol. The summed E-state index contributed by atoms with van der Waals surface area (Å²) < 4.78 is 5.90. The van der Waals surface area contributed by atoms with Crippen LogP contribution in [0, 0.1) is 11.3 Å². The highest BCUT2D eigenvalue weighted by molar-refractivity contribution is 7.99. The lowest BCUT2D eigenvalue weighted by Crippen LogP contribution is -2.27. The van der Waals surface area contributed by atoms with E-state index in [4.69, 9.17) is 5.26 Å². The van der Waals surface area contributed by atoms with Crippen LogP contribution in [0.3, 0.4) is 0 Å². The molecule has 0 fully saturated rings. The molecule has 0 bridgehead atoms. The van der Waals surface area contributed by atoms with Crippen molar-refractivity contribution in [3.05, 3.63) is 34.6 Å². The average molecular weight is 303 g/mol. The molecule has 0 aliphatic heterocycles. The molecule has 0 radical (unpaired) electrons. The molecular formula is C14H13N3O3S. The average Bonchev–Trinajstić information content (AvgIpc) is 2.51. The van der Waals surface area contributed by atoms with Crippen molar-refractivity contribution in [3.63, 3.8) is 0 Å². The van der Waals surface area contributed by atoms with Crippen LogP contribution in [-0.2, 0) is 16.1 Å². The first kappa shape index (κ1) is 15.1. The van der Waals surface area contributed by atoms with Gasteiger partial charge in [-0.15, -0.1) is 0 Å². The first-order valence-electron chi connectivity index (χ1n) is 6.23. The molecule has 6 nitrogen and oxygen atoms in total. The third kappa shape index (κ3) is 3.41. The van der Waals surface area contributed by atoms with Gasteiger partial charge in [0.15, 0.2) is 5.16 Å². The van der Waals surface area contributed by atoms with Crippen LogP contribution in [0.2, 0.25) is 0 Å². The molecule has 0 unspecified atom stereocenters. The molecule has 1 aromatic carbocycles. The van der Waals surface area contributed by atoms with E-state index < -0.39 is 5.97 Å². The number of thioether (sulfide) groups is 1. The number of rotatable bonds is 5. The third-order valence-electron chi connectivity index (χ3n) is 2.79. The van der Waals surface area contributed by atoms with E-state index in [0.29, 0.717) is 28.2 Å². The van der Waals surface area contributed by atoms with E-state index in [1.807, 2.05) is 6.07 Å². The number of hydrogen-bond acceptors (Lipinski definition) is 6. The van der Waals surface area contributed by atoms with E-state index in [1.165, 1.54) is 23.4 Å². The molecule has 0 saturated heterocycles. The van der Waals surface area contributed by atoms with Gasteiger partial charge in [-0.05, 0) is 12.1 Å². The second-order valence-electron chi connectivity index (χ2n) is 4.14. The van der Waals surface area contributed by atoms with Gasteiger partial charge in [0.2, 0.25) is 0 Å². The van der Waals surface area contributed by atoms with Gasteiger partial charge >= 0.3 is 5.97 Å². The molecule has 0 atom stereocenters. The number of esters is 1. The Hall–Kier alpha value is -2.33. The number of ether oxygens (including phenoxy) is 1. The van der Waals surface area contributed by atoms with Gasteiger partial charge < -0.3 is 4.74 Å². The minimum Gasteiger partial charge on any atom is -0.468 e. The molecule has 2 rings (SSSR count). The van der Waals surface area contributed by atoms with Crippen molar-refractivity contribution in [2.24, 2.45) is 0 Å². The number of carbonyl (C=O) groups excluding carboxylic acids is 1. The second kappa shape index (κ2) is 6.90. The van der Waals surface area contributed by atoms with Gasteiger partial charge in [0.1, 0.15) is 6.54 Å². The number of methoxy groups -OCH3 is 1. The minimum atomic E-state index is -0.517. The zero-order valence-electron chi connectivity index (χ0n) is 11.4. The largest absolute Gasteiger partial charge is 0.468 e. The van der Waals surface area contributed by atoms with Crippen molar-refractivity contribution >= 4 is 28.6 Å². The predicted octanol–water partition coefficient (Wildman–Crippen LogP) is 1.58. The molecule has 0 amide bonds. The lowest BCUT2D eigenvalue weighted by atomic mass is 10.2. The minimum absolute atomic E-state index is 0.192. The Kier molecular flexibility index (Phi) is 4.95. The Bertz CT molecular complexity index is 764. The van der Waals surface area contributed by atoms with E-state index in [2.05, 4.69) is 9.72 Å². The normalized spacial score (nSPS) is 10.3. The fraction of sp³-hybridized carbons (Fsp3) is 0.286. The van der Waals surface area contributed by atoms with Crippen LogP contribution in [0.15, 0.2) is 34.2 Å². The SMILES string of the molecule is COC(=O)Cn1c(SCCC#N)nc2ccccc2c1=O. The number of nitriles is 1. The Morgan fingerprint density at radius 1 is 1.48 bits per heavy atom. The maximum atomic E-state index is 12.5. The second-order valence-corrected chi connectivity index (χ2v) is 5.20. The van der Waals surface area contributed by atoms with Crippen LogP contribution in [0.5, 0.6) is 0 Å². The lowest BCUT2D eigenvalue weighted by Gasteiger charge is -2.11. The van der Waals surface area contributed by atoms with Gasteiger partial charge in [0.25, 0.3) is 5.56 Å². The van der Waals surface area contributed by atoms with Crippen LogP contribution in [0.1, 0.15) is 6.42 Å². The Labute approximate surface area is 125 Å². The first-order chi connectivity index (χ1) is 10.2. The van der Waals surface area contributed by atoms with Crippen LogP contribution in [-0.4, -0.2) is 28.4 Å². The van der Waals surface area contributed by atoms with Gasteiger partial charge in [-0.1, -0.05) is 23.9 Å². The molecule has 2 aromatic rings. The molecule has 0 aliphatic rings. The van der Waals surface area contributed by atoms with Crippen molar-refractivity contribution in [1.82, 2.24) is 9.55 Å². The fourth-order valence-electron chi connectivity index (χ4n) is 1.78. The quantitative estimate of drug-likeness (QED) is 0.361. The highest BCUT2D eigenvalue weighted by Gasteiger charge is 2.14. The van der Waals surface area contributed by atoms with E-state index in [9.17, 15) is 9.59 Å². The van der Waals surface area contributed by atoms with Crippen molar-refractivity contribution in [3.8, 4) is 6.07 Å². The van der Waals surface area contributed by atoms with Gasteiger partial charge in [0, 0.05) is 12.2 Å². The smallest absolute Gasteiger partial charge is 0.325 e. The van der Waals surface area contributed by atoms with Crippen LogP contribution < -0.4 is 5.56 Å². The highest BCUT2D eigenvalue weighted by Crippen LogP contribution is 2.18. The molecule has 1 heterocycles. The standard InChI is InChI=1S/C14H13N3O3S/c1-20-12(18)9-17-13(19)10-5-2-3-6-11(10)16-14(17)21-8-4-7-15/h2-3,5-6H,4,8-9H2,1H3. The summed E-state index contributed by atoms with van der Waals surface area (Å²) in [5, 5.41) is 9.46. The summed E-state index contributed by atoms with van der Waals surface area (Å²) in [6.45, 7) is -0.192.